The molecule has 56 valence electrons. The van der Waals surface area contributed by atoms with Crippen LogP contribution in [-0.4, -0.2) is 10.2 Å². The van der Waals surface area contributed by atoms with Gasteiger partial charge in [0.1, 0.15) is 0 Å². The van der Waals surface area contributed by atoms with Gasteiger partial charge in [0, 0.05) is 3.57 Å². The number of benzene rings is 1. The van der Waals surface area contributed by atoms with Crippen molar-refractivity contribution in [2.24, 2.45) is 0 Å². The van der Waals surface area contributed by atoms with Crippen molar-refractivity contribution in [3.63, 3.8) is 0 Å². The fourth-order valence-corrected chi connectivity index (χ4v) is 1.45. The molecule has 0 aliphatic carbocycles. The number of H-pyrrole nitrogens is 1. The summed E-state index contributed by atoms with van der Waals surface area (Å²) in [4.78, 5) is 0. The molecular weight excluding hydrogens is 258 g/mol. The van der Waals surface area contributed by atoms with E-state index in [-0.39, 0.29) is 0 Å². The van der Waals surface area contributed by atoms with Crippen LogP contribution in [0.1, 0.15) is 0 Å². The molecular formula is C7H4FIN2. The average Bonchev–Trinajstić information content (AvgIpc) is 2.33. The standard InChI is InChI=1S/C7H4FIN2/c8-7-5-3-4(9)1-2-6(5)10-11-7/h1-3H,(H,10,11). The van der Waals surface area contributed by atoms with E-state index >= 15 is 0 Å². The Kier molecular flexibility index (Phi) is 1.56. The molecule has 0 aliphatic heterocycles. The summed E-state index contributed by atoms with van der Waals surface area (Å²) in [5.41, 5.74) is 0.739. The first-order chi connectivity index (χ1) is 5.27. The van der Waals surface area contributed by atoms with Gasteiger partial charge in [0.25, 0.3) is 0 Å². The summed E-state index contributed by atoms with van der Waals surface area (Å²) in [6.07, 6.45) is 0. The lowest BCUT2D eigenvalue weighted by Gasteiger charge is -1.88. The number of hydrogen-bond donors (Lipinski definition) is 1. The Morgan fingerprint density at radius 2 is 2.27 bits per heavy atom. The SMILES string of the molecule is Fc1n[nH]c2ccc(I)cc12. The van der Waals surface area contributed by atoms with E-state index in [0.29, 0.717) is 5.39 Å². The minimum absolute atomic E-state index is 0.432. The third kappa shape index (κ3) is 1.11. The number of aromatic amines is 1. The molecule has 0 atom stereocenters. The highest BCUT2D eigenvalue weighted by atomic mass is 127. The molecule has 0 amide bonds. The molecule has 0 aliphatic rings. The Balaban J connectivity index is 2.87. The molecule has 0 radical (unpaired) electrons. The maximum Gasteiger partial charge on any atom is 0.240 e. The van der Waals surface area contributed by atoms with Crippen LogP contribution in [0.4, 0.5) is 4.39 Å². The molecule has 2 nitrogen and oxygen atoms in total. The summed E-state index contributed by atoms with van der Waals surface area (Å²) in [6.45, 7) is 0. The van der Waals surface area contributed by atoms with Crippen molar-refractivity contribution in [3.8, 4) is 0 Å². The van der Waals surface area contributed by atoms with E-state index in [1.165, 1.54) is 0 Å². The van der Waals surface area contributed by atoms with Gasteiger partial charge in [0.2, 0.25) is 5.95 Å². The third-order valence-electron chi connectivity index (χ3n) is 1.48. The molecule has 0 unspecified atom stereocenters. The van der Waals surface area contributed by atoms with Gasteiger partial charge in [-0.1, -0.05) is 0 Å². The summed E-state index contributed by atoms with van der Waals surface area (Å²) >= 11 is 2.13. The maximum absolute atomic E-state index is 12.8. The van der Waals surface area contributed by atoms with E-state index in [2.05, 4.69) is 32.8 Å². The average molecular weight is 262 g/mol. The van der Waals surface area contributed by atoms with Crippen LogP contribution < -0.4 is 0 Å². The van der Waals surface area contributed by atoms with E-state index < -0.39 is 5.95 Å². The van der Waals surface area contributed by atoms with Crippen molar-refractivity contribution >= 4 is 33.5 Å². The van der Waals surface area contributed by atoms with Gasteiger partial charge in [-0.15, -0.1) is 5.10 Å². The second-order valence-corrected chi connectivity index (χ2v) is 3.45. The molecule has 1 heterocycles. The number of halogens is 2. The third-order valence-corrected chi connectivity index (χ3v) is 2.15. The highest BCUT2D eigenvalue weighted by molar-refractivity contribution is 14.1. The van der Waals surface area contributed by atoms with E-state index in [4.69, 9.17) is 0 Å². The molecule has 2 aromatic rings. The number of fused-ring (bicyclic) bond motifs is 1. The van der Waals surface area contributed by atoms with Crippen LogP contribution in [0.5, 0.6) is 0 Å². The lowest BCUT2D eigenvalue weighted by atomic mass is 10.3. The second-order valence-electron chi connectivity index (χ2n) is 2.20. The monoisotopic (exact) mass is 262 g/mol. The summed E-state index contributed by atoms with van der Waals surface area (Å²) in [6, 6.07) is 5.47. The number of rotatable bonds is 0. The van der Waals surface area contributed by atoms with E-state index in [9.17, 15) is 4.39 Å². The number of hydrogen-bond acceptors (Lipinski definition) is 1. The topological polar surface area (TPSA) is 28.7 Å². The molecule has 2 rings (SSSR count). The van der Waals surface area contributed by atoms with E-state index in [1.807, 2.05) is 12.1 Å². The highest BCUT2D eigenvalue weighted by Crippen LogP contribution is 2.17. The molecule has 1 N–H and O–H groups in total. The highest BCUT2D eigenvalue weighted by Gasteiger charge is 2.02. The number of aromatic nitrogens is 2. The maximum atomic E-state index is 12.8. The van der Waals surface area contributed by atoms with Gasteiger partial charge in [-0.25, -0.2) is 0 Å². The van der Waals surface area contributed by atoms with Crippen LogP contribution in [0.3, 0.4) is 0 Å². The Hall–Kier alpha value is -0.650. The van der Waals surface area contributed by atoms with Gasteiger partial charge in [-0.3, -0.25) is 5.10 Å². The lowest BCUT2D eigenvalue weighted by molar-refractivity contribution is 0.588. The molecule has 0 bridgehead atoms. The lowest BCUT2D eigenvalue weighted by Crippen LogP contribution is -1.72. The number of nitrogens with one attached hydrogen (secondary N) is 1. The van der Waals surface area contributed by atoms with Crippen LogP contribution >= 0.6 is 22.6 Å². The first-order valence-corrected chi connectivity index (χ1v) is 4.14. The minimum Gasteiger partial charge on any atom is -0.275 e. The summed E-state index contributed by atoms with van der Waals surface area (Å²) in [7, 11) is 0. The molecule has 11 heavy (non-hydrogen) atoms. The van der Waals surface area contributed by atoms with Gasteiger partial charge < -0.3 is 0 Å². The summed E-state index contributed by atoms with van der Waals surface area (Å²) in [5, 5.41) is 6.58. The van der Waals surface area contributed by atoms with Gasteiger partial charge >= 0.3 is 0 Å². The van der Waals surface area contributed by atoms with E-state index in [0.717, 1.165) is 9.09 Å². The Morgan fingerprint density at radius 1 is 1.45 bits per heavy atom. The first kappa shape index (κ1) is 7.02. The molecule has 0 fully saturated rings. The quantitative estimate of drug-likeness (QED) is 0.725. The fourth-order valence-electron chi connectivity index (χ4n) is 0.954. The molecule has 1 aromatic carbocycles. The number of nitrogens with zero attached hydrogens (tertiary/aromatic N) is 1. The summed E-state index contributed by atoms with van der Waals surface area (Å²) in [5.74, 6) is -0.432. The summed E-state index contributed by atoms with van der Waals surface area (Å²) < 4.78 is 13.8. The smallest absolute Gasteiger partial charge is 0.240 e. The van der Waals surface area contributed by atoms with Gasteiger partial charge in [0.15, 0.2) is 0 Å². The van der Waals surface area contributed by atoms with Crippen molar-refractivity contribution in [3.05, 3.63) is 27.7 Å². The van der Waals surface area contributed by atoms with Crippen molar-refractivity contribution in [1.29, 1.82) is 0 Å². The minimum atomic E-state index is -0.432. The molecule has 4 heteroatoms. The van der Waals surface area contributed by atoms with Crippen LogP contribution in [0, 0.1) is 9.52 Å². The fraction of sp³-hybridized carbons (Fsp3) is 0. The largest absolute Gasteiger partial charge is 0.275 e. The van der Waals surface area contributed by atoms with Crippen molar-refractivity contribution in [1.82, 2.24) is 10.2 Å². The predicted molar refractivity (Wildman–Crippen MR) is 48.8 cm³/mol. The zero-order valence-electron chi connectivity index (χ0n) is 5.44. The normalized spacial score (nSPS) is 10.7. The van der Waals surface area contributed by atoms with E-state index in [1.54, 1.807) is 6.07 Å². The molecule has 0 spiro atoms. The molecule has 0 saturated carbocycles. The molecule has 0 saturated heterocycles. The Morgan fingerprint density at radius 3 is 3.09 bits per heavy atom. The van der Waals surface area contributed by atoms with Crippen LogP contribution in [0.25, 0.3) is 10.9 Å². The molecule has 1 aromatic heterocycles. The zero-order valence-corrected chi connectivity index (χ0v) is 7.59. The Labute approximate surface area is 75.9 Å². The second kappa shape index (κ2) is 2.44. The van der Waals surface area contributed by atoms with Crippen LogP contribution in [-0.2, 0) is 0 Å². The van der Waals surface area contributed by atoms with Gasteiger partial charge in [-0.05, 0) is 40.8 Å². The van der Waals surface area contributed by atoms with Crippen LogP contribution in [0.2, 0.25) is 0 Å². The van der Waals surface area contributed by atoms with Gasteiger partial charge in [0.05, 0.1) is 10.9 Å². The van der Waals surface area contributed by atoms with Crippen LogP contribution in [0.15, 0.2) is 18.2 Å². The van der Waals surface area contributed by atoms with Crippen molar-refractivity contribution in [2.75, 3.05) is 0 Å². The van der Waals surface area contributed by atoms with Crippen molar-refractivity contribution < 1.29 is 4.39 Å². The predicted octanol–water partition coefficient (Wildman–Crippen LogP) is 2.31. The van der Waals surface area contributed by atoms with Crippen molar-refractivity contribution in [2.45, 2.75) is 0 Å². The van der Waals surface area contributed by atoms with Gasteiger partial charge in [-0.2, -0.15) is 4.39 Å². The zero-order chi connectivity index (χ0) is 7.84. The first-order valence-electron chi connectivity index (χ1n) is 3.06. The Bertz CT molecular complexity index is 396.